The van der Waals surface area contributed by atoms with E-state index in [-0.39, 0.29) is 11.1 Å². The number of halogens is 1. The van der Waals surface area contributed by atoms with Gasteiger partial charge in [-0.3, -0.25) is 9.78 Å². The summed E-state index contributed by atoms with van der Waals surface area (Å²) in [4.78, 5) is 18.0. The van der Waals surface area contributed by atoms with Crippen molar-refractivity contribution in [2.24, 2.45) is 0 Å². The van der Waals surface area contributed by atoms with Crippen molar-refractivity contribution >= 4 is 42.8 Å². The zero-order valence-corrected chi connectivity index (χ0v) is 14.2. The number of pyridine rings is 1. The smallest absolute Gasteiger partial charge is 0.224 e. The van der Waals surface area contributed by atoms with Crippen LogP contribution in [0.4, 0.5) is 5.69 Å². The summed E-state index contributed by atoms with van der Waals surface area (Å²) in [6, 6.07) is 3.65. The van der Waals surface area contributed by atoms with E-state index in [1.165, 1.54) is 16.7 Å². The lowest BCUT2D eigenvalue weighted by Gasteiger charge is -2.28. The van der Waals surface area contributed by atoms with E-state index in [0.717, 1.165) is 5.69 Å². The van der Waals surface area contributed by atoms with Gasteiger partial charge in [0.2, 0.25) is 5.91 Å². The van der Waals surface area contributed by atoms with Crippen LogP contribution in [-0.4, -0.2) is 47.6 Å². The van der Waals surface area contributed by atoms with E-state index < -0.39 is 5.31 Å². The Kier molecular flexibility index (Phi) is 5.18. The predicted molar refractivity (Wildman–Crippen MR) is 92.3 cm³/mol. The van der Waals surface area contributed by atoms with Gasteiger partial charge in [-0.2, -0.15) is 16.9 Å². The Labute approximate surface area is 140 Å². The van der Waals surface area contributed by atoms with Crippen molar-refractivity contribution in [2.75, 3.05) is 24.0 Å². The lowest BCUT2D eigenvalue weighted by molar-refractivity contribution is -0.120. The molecule has 2 aromatic heterocycles. The molecule has 0 N–H and O–H groups in total. The lowest BCUT2D eigenvalue weighted by atomic mass is 9.71. The van der Waals surface area contributed by atoms with Gasteiger partial charge >= 0.3 is 0 Å². The molecule has 0 spiro atoms. The van der Waals surface area contributed by atoms with Gasteiger partial charge in [0.15, 0.2) is 5.15 Å². The fourth-order valence-electron chi connectivity index (χ4n) is 2.04. The Morgan fingerprint density at radius 2 is 2.32 bits per heavy atom. The molecule has 5 nitrogen and oxygen atoms in total. The third-order valence-corrected chi connectivity index (χ3v) is 4.32. The summed E-state index contributed by atoms with van der Waals surface area (Å²) in [7, 11) is 7.73. The monoisotopic (exact) mass is 334 g/mol. The van der Waals surface area contributed by atoms with Gasteiger partial charge in [0.25, 0.3) is 0 Å². The number of nitrogens with zero attached hydrogens (tertiary/aromatic N) is 4. The van der Waals surface area contributed by atoms with Gasteiger partial charge in [-0.15, -0.1) is 0 Å². The summed E-state index contributed by atoms with van der Waals surface area (Å²) in [6.07, 6.45) is 6.93. The Morgan fingerprint density at radius 1 is 1.59 bits per heavy atom. The average Bonchev–Trinajstić information content (AvgIpc) is 2.88. The first-order chi connectivity index (χ1) is 10.4. The predicted octanol–water partition coefficient (Wildman–Crippen LogP) is 2.59. The summed E-state index contributed by atoms with van der Waals surface area (Å²) in [5.74, 6) is 0.305. The average molecular weight is 335 g/mol. The molecule has 0 saturated heterocycles. The molecule has 114 valence electrons. The van der Waals surface area contributed by atoms with Crippen molar-refractivity contribution in [3.63, 3.8) is 0 Å². The first-order valence-electron chi connectivity index (χ1n) is 6.58. The number of amides is 1. The second kappa shape index (κ2) is 6.75. The van der Waals surface area contributed by atoms with E-state index in [9.17, 15) is 4.79 Å². The van der Waals surface area contributed by atoms with Crippen LogP contribution in [-0.2, 0) is 4.79 Å². The largest absolute Gasteiger partial charge is 0.312 e. The van der Waals surface area contributed by atoms with Crippen molar-refractivity contribution in [2.45, 2.75) is 12.2 Å². The van der Waals surface area contributed by atoms with Crippen LogP contribution in [0.3, 0.4) is 0 Å². The molecule has 8 heteroatoms. The molecule has 1 amide bonds. The third-order valence-electron chi connectivity index (χ3n) is 3.16. The van der Waals surface area contributed by atoms with Crippen LogP contribution in [0.1, 0.15) is 6.92 Å². The minimum atomic E-state index is -0.964. The number of thioether (sulfide) groups is 1. The Balaban J connectivity index is 2.30. The molecule has 1 unspecified atom stereocenters. The van der Waals surface area contributed by atoms with Crippen LogP contribution in [0.2, 0.25) is 10.5 Å². The van der Waals surface area contributed by atoms with Crippen LogP contribution < -0.4 is 4.90 Å². The zero-order valence-electron chi connectivity index (χ0n) is 12.7. The highest BCUT2D eigenvalue weighted by atomic mass is 35.5. The Morgan fingerprint density at radius 3 is 2.91 bits per heavy atom. The fourth-order valence-corrected chi connectivity index (χ4v) is 3.02. The van der Waals surface area contributed by atoms with E-state index in [4.69, 9.17) is 19.4 Å². The van der Waals surface area contributed by atoms with Crippen LogP contribution in [0.5, 0.6) is 0 Å². The number of anilines is 1. The van der Waals surface area contributed by atoms with E-state index >= 15 is 0 Å². The van der Waals surface area contributed by atoms with Gasteiger partial charge in [0.05, 0.1) is 25.9 Å². The Bertz CT molecular complexity index is 662. The van der Waals surface area contributed by atoms with Crippen molar-refractivity contribution < 1.29 is 4.79 Å². The van der Waals surface area contributed by atoms with Crippen molar-refractivity contribution in [1.82, 2.24) is 14.8 Å². The molecule has 2 heterocycles. The van der Waals surface area contributed by atoms with Crippen LogP contribution in [0.25, 0.3) is 5.69 Å². The van der Waals surface area contributed by atoms with Gasteiger partial charge in [-0.25, -0.2) is 4.68 Å². The van der Waals surface area contributed by atoms with Gasteiger partial charge in [-0.1, -0.05) is 18.5 Å². The molecule has 0 saturated carbocycles. The summed E-state index contributed by atoms with van der Waals surface area (Å²) < 4.78 is 1.58. The molecule has 0 bridgehead atoms. The number of carbonyl (C=O) groups excluding carboxylic acids is 1. The second-order valence-electron chi connectivity index (χ2n) is 5.18. The number of hydrogen-bond donors (Lipinski definition) is 0. The highest BCUT2D eigenvalue weighted by molar-refractivity contribution is 7.98. The Hall–Kier alpha value is -1.47. The highest BCUT2D eigenvalue weighted by Crippen LogP contribution is 2.32. The van der Waals surface area contributed by atoms with Gasteiger partial charge in [-0.05, 0) is 24.1 Å². The van der Waals surface area contributed by atoms with E-state index in [1.54, 1.807) is 43.3 Å². The van der Waals surface area contributed by atoms with Crippen molar-refractivity contribution in [3.8, 4) is 5.69 Å². The number of carbonyl (C=O) groups is 1. The summed E-state index contributed by atoms with van der Waals surface area (Å²) in [5.41, 5.74) is 1.27. The molecule has 0 aliphatic heterocycles. The molecule has 0 fully saturated rings. The number of aromatic nitrogens is 3. The molecule has 0 aromatic carbocycles. The molecule has 0 aliphatic rings. The minimum Gasteiger partial charge on any atom is -0.312 e. The molecule has 2 radical (unpaired) electrons. The first-order valence-corrected chi connectivity index (χ1v) is 8.35. The quantitative estimate of drug-likeness (QED) is 0.789. The zero-order chi connectivity index (χ0) is 16.3. The summed E-state index contributed by atoms with van der Waals surface area (Å²) in [5, 5.41) is 3.49. The molecular formula is C14H16BClN4OS. The van der Waals surface area contributed by atoms with Crippen LogP contribution >= 0.6 is 23.4 Å². The summed E-state index contributed by atoms with van der Waals surface area (Å²) in [6.45, 7) is 1.71. The fraction of sp³-hybridized carbons (Fsp3) is 0.357. The van der Waals surface area contributed by atoms with Gasteiger partial charge < -0.3 is 4.90 Å². The van der Waals surface area contributed by atoms with Crippen molar-refractivity contribution in [3.05, 3.63) is 35.9 Å². The number of rotatable bonds is 5. The standard InChI is InChI=1S/C14H16BClN4OS/c1-14(15,9-22-3)13(21)19(2)11-8-20(18-12(11)16)10-5-4-6-17-7-10/h4-8H,9H2,1-3H3. The minimum absolute atomic E-state index is 0.213. The highest BCUT2D eigenvalue weighted by Gasteiger charge is 2.31. The maximum absolute atomic E-state index is 12.5. The molecule has 0 aliphatic carbocycles. The topological polar surface area (TPSA) is 51.0 Å². The number of hydrogen-bond acceptors (Lipinski definition) is 4. The molecule has 2 rings (SSSR count). The molecule has 22 heavy (non-hydrogen) atoms. The van der Waals surface area contributed by atoms with Gasteiger partial charge in [0.1, 0.15) is 5.69 Å². The third kappa shape index (κ3) is 3.47. The van der Waals surface area contributed by atoms with E-state index in [2.05, 4.69) is 10.1 Å². The molecular weight excluding hydrogens is 319 g/mol. The van der Waals surface area contributed by atoms with Gasteiger partial charge in [0, 0.05) is 18.6 Å². The lowest BCUT2D eigenvalue weighted by Crippen LogP contribution is -2.37. The maximum atomic E-state index is 12.5. The second-order valence-corrected chi connectivity index (χ2v) is 6.40. The molecule has 1 atom stereocenters. The summed E-state index contributed by atoms with van der Waals surface area (Å²) >= 11 is 7.69. The van der Waals surface area contributed by atoms with Crippen LogP contribution in [0, 0.1) is 0 Å². The van der Waals surface area contributed by atoms with Crippen molar-refractivity contribution in [1.29, 1.82) is 0 Å². The van der Waals surface area contributed by atoms with E-state index in [1.807, 2.05) is 12.3 Å². The molecule has 2 aromatic rings. The normalized spacial score (nSPS) is 13.6. The first kappa shape index (κ1) is 16.9. The SMILES string of the molecule is [B]C(C)(CSC)C(=O)N(C)c1cn(-c2cccnc2)nc1Cl. The van der Waals surface area contributed by atoms with E-state index in [0.29, 0.717) is 11.4 Å². The maximum Gasteiger partial charge on any atom is 0.224 e. The van der Waals surface area contributed by atoms with Crippen LogP contribution in [0.15, 0.2) is 30.7 Å².